The summed E-state index contributed by atoms with van der Waals surface area (Å²) in [5.41, 5.74) is 0.336. The molecule has 3 rings (SSSR count). The van der Waals surface area contributed by atoms with Gasteiger partial charge >= 0.3 is 0 Å². The molecule has 0 atom stereocenters. The van der Waals surface area contributed by atoms with E-state index >= 15 is 0 Å². The van der Waals surface area contributed by atoms with Crippen molar-refractivity contribution >= 4 is 39.1 Å². The monoisotopic (exact) mass is 388 g/mol. The Kier molecular flexibility index (Phi) is 4.57. The first-order valence-electron chi connectivity index (χ1n) is 7.56. The Morgan fingerprint density at radius 1 is 0.917 bits per heavy atom. The van der Waals surface area contributed by atoms with E-state index in [0.29, 0.717) is 30.0 Å². The summed E-state index contributed by atoms with van der Waals surface area (Å²) >= 11 is 3.35. The molecule has 1 fully saturated rings. The summed E-state index contributed by atoms with van der Waals surface area (Å²) in [5.74, 6) is 0.167. The van der Waals surface area contributed by atoms with Crippen LogP contribution in [0, 0.1) is 5.41 Å². The van der Waals surface area contributed by atoms with Gasteiger partial charge in [-0.15, -0.1) is 0 Å². The normalized spacial score (nSPS) is 14.6. The van der Waals surface area contributed by atoms with E-state index in [-0.39, 0.29) is 11.8 Å². The van der Waals surface area contributed by atoms with Crippen molar-refractivity contribution in [1.29, 1.82) is 0 Å². The molecule has 2 N–H and O–H groups in total. The zero-order valence-electron chi connectivity index (χ0n) is 13.1. The standard InChI is InChI=1S/C18H17BrN2O3/c1-24-15-8-6-14(7-9-15)21-17(23)18(10-11-18)16(22)20-13-4-2-12(19)3-5-13/h2-9H,10-11H2,1H3,(H,20,22)(H,21,23). The van der Waals surface area contributed by atoms with Gasteiger partial charge in [0.1, 0.15) is 11.2 Å². The second-order valence-corrected chi connectivity index (χ2v) is 6.64. The van der Waals surface area contributed by atoms with Crippen molar-refractivity contribution < 1.29 is 14.3 Å². The number of methoxy groups -OCH3 is 1. The van der Waals surface area contributed by atoms with Crippen molar-refractivity contribution in [3.63, 3.8) is 0 Å². The number of nitrogens with one attached hydrogen (secondary N) is 2. The van der Waals surface area contributed by atoms with Crippen molar-refractivity contribution in [2.24, 2.45) is 5.41 Å². The van der Waals surface area contributed by atoms with Gasteiger partial charge in [0.15, 0.2) is 0 Å². The lowest BCUT2D eigenvalue weighted by Crippen LogP contribution is -2.35. The third-order valence-electron chi connectivity index (χ3n) is 4.07. The fourth-order valence-corrected chi connectivity index (χ4v) is 2.66. The van der Waals surface area contributed by atoms with Crippen LogP contribution >= 0.6 is 15.9 Å². The van der Waals surface area contributed by atoms with E-state index in [0.717, 1.165) is 4.47 Å². The summed E-state index contributed by atoms with van der Waals surface area (Å²) in [7, 11) is 1.58. The summed E-state index contributed by atoms with van der Waals surface area (Å²) in [4.78, 5) is 25.0. The van der Waals surface area contributed by atoms with E-state index in [4.69, 9.17) is 4.74 Å². The Morgan fingerprint density at radius 3 is 1.79 bits per heavy atom. The zero-order chi connectivity index (χ0) is 17.2. The largest absolute Gasteiger partial charge is 0.497 e. The molecule has 1 aliphatic carbocycles. The van der Waals surface area contributed by atoms with Crippen LogP contribution < -0.4 is 15.4 Å². The lowest BCUT2D eigenvalue weighted by atomic mass is 10.0. The molecule has 2 amide bonds. The van der Waals surface area contributed by atoms with Crippen molar-refractivity contribution in [3.8, 4) is 5.75 Å². The number of halogens is 1. The highest BCUT2D eigenvalue weighted by Gasteiger charge is 2.56. The summed E-state index contributed by atoms with van der Waals surface area (Å²) in [6.07, 6.45) is 1.11. The summed E-state index contributed by atoms with van der Waals surface area (Å²) in [6, 6.07) is 14.3. The summed E-state index contributed by atoms with van der Waals surface area (Å²) in [5, 5.41) is 5.63. The lowest BCUT2D eigenvalue weighted by Gasteiger charge is -2.15. The topological polar surface area (TPSA) is 67.4 Å². The second kappa shape index (κ2) is 6.65. The van der Waals surface area contributed by atoms with Crippen LogP contribution in [0.4, 0.5) is 11.4 Å². The predicted molar refractivity (Wildman–Crippen MR) is 96.1 cm³/mol. The van der Waals surface area contributed by atoms with Gasteiger partial charge in [0.05, 0.1) is 7.11 Å². The van der Waals surface area contributed by atoms with Crippen molar-refractivity contribution in [2.45, 2.75) is 12.8 Å². The molecule has 2 aromatic rings. The number of anilines is 2. The Morgan fingerprint density at radius 2 is 1.38 bits per heavy atom. The molecule has 0 aliphatic heterocycles. The van der Waals surface area contributed by atoms with Gasteiger partial charge in [-0.2, -0.15) is 0 Å². The summed E-state index contributed by atoms with van der Waals surface area (Å²) < 4.78 is 6.02. The number of hydrogen-bond donors (Lipinski definition) is 2. The molecular formula is C18H17BrN2O3. The molecule has 0 saturated heterocycles. The van der Waals surface area contributed by atoms with Crippen LogP contribution in [0.25, 0.3) is 0 Å². The maximum atomic E-state index is 12.5. The van der Waals surface area contributed by atoms with E-state index in [1.807, 2.05) is 12.1 Å². The van der Waals surface area contributed by atoms with Gasteiger partial charge in [0, 0.05) is 15.8 Å². The Bertz CT molecular complexity index is 753. The van der Waals surface area contributed by atoms with Crippen LogP contribution in [0.1, 0.15) is 12.8 Å². The SMILES string of the molecule is COc1ccc(NC(=O)C2(C(=O)Nc3ccc(Br)cc3)CC2)cc1. The van der Waals surface area contributed by atoms with Crippen LogP contribution in [0.5, 0.6) is 5.75 Å². The van der Waals surface area contributed by atoms with Crippen LogP contribution in [-0.4, -0.2) is 18.9 Å². The van der Waals surface area contributed by atoms with Gasteiger partial charge in [-0.3, -0.25) is 9.59 Å². The van der Waals surface area contributed by atoms with Gasteiger partial charge < -0.3 is 15.4 Å². The molecule has 0 radical (unpaired) electrons. The Balaban J connectivity index is 1.66. The fourth-order valence-electron chi connectivity index (χ4n) is 2.39. The molecule has 1 aliphatic rings. The molecule has 124 valence electrons. The van der Waals surface area contributed by atoms with Crippen LogP contribution in [0.3, 0.4) is 0 Å². The predicted octanol–water partition coefficient (Wildman–Crippen LogP) is 3.82. The van der Waals surface area contributed by atoms with Gasteiger partial charge in [-0.25, -0.2) is 0 Å². The lowest BCUT2D eigenvalue weighted by molar-refractivity contribution is -0.131. The Labute approximate surface area is 148 Å². The number of hydrogen-bond acceptors (Lipinski definition) is 3. The molecule has 0 spiro atoms. The molecule has 0 unspecified atom stereocenters. The smallest absolute Gasteiger partial charge is 0.240 e. The first kappa shape index (κ1) is 16.5. The van der Waals surface area contributed by atoms with Crippen molar-refractivity contribution in [1.82, 2.24) is 0 Å². The van der Waals surface area contributed by atoms with E-state index < -0.39 is 5.41 Å². The molecule has 1 saturated carbocycles. The maximum Gasteiger partial charge on any atom is 0.240 e. The van der Waals surface area contributed by atoms with E-state index in [1.54, 1.807) is 43.5 Å². The number of amides is 2. The van der Waals surface area contributed by atoms with Gasteiger partial charge in [0.25, 0.3) is 0 Å². The highest BCUT2D eigenvalue weighted by molar-refractivity contribution is 9.10. The van der Waals surface area contributed by atoms with Gasteiger partial charge in [-0.05, 0) is 61.4 Å². The van der Waals surface area contributed by atoms with Gasteiger partial charge in [0.2, 0.25) is 11.8 Å². The number of ether oxygens (including phenoxy) is 1. The molecule has 5 nitrogen and oxygen atoms in total. The zero-order valence-corrected chi connectivity index (χ0v) is 14.7. The average Bonchev–Trinajstić information content (AvgIpc) is 3.39. The third-order valence-corrected chi connectivity index (χ3v) is 4.60. The summed E-state index contributed by atoms with van der Waals surface area (Å²) in [6.45, 7) is 0. The molecule has 2 aromatic carbocycles. The Hall–Kier alpha value is -2.34. The van der Waals surface area contributed by atoms with Gasteiger partial charge in [-0.1, -0.05) is 15.9 Å². The van der Waals surface area contributed by atoms with E-state index in [2.05, 4.69) is 26.6 Å². The minimum absolute atomic E-state index is 0.268. The number of carbonyl (C=O) groups excluding carboxylic acids is 2. The molecule has 24 heavy (non-hydrogen) atoms. The van der Waals surface area contributed by atoms with Crippen LogP contribution in [-0.2, 0) is 9.59 Å². The average molecular weight is 389 g/mol. The van der Waals surface area contributed by atoms with Crippen molar-refractivity contribution in [2.75, 3.05) is 17.7 Å². The van der Waals surface area contributed by atoms with Crippen LogP contribution in [0.2, 0.25) is 0 Å². The third kappa shape index (κ3) is 3.43. The molecule has 0 heterocycles. The highest BCUT2D eigenvalue weighted by Crippen LogP contribution is 2.47. The van der Waals surface area contributed by atoms with E-state index in [9.17, 15) is 9.59 Å². The first-order chi connectivity index (χ1) is 11.5. The quantitative estimate of drug-likeness (QED) is 0.765. The molecule has 0 bridgehead atoms. The second-order valence-electron chi connectivity index (χ2n) is 5.73. The molecule has 6 heteroatoms. The molecule has 0 aromatic heterocycles. The number of benzene rings is 2. The fraction of sp³-hybridized carbons (Fsp3) is 0.222. The molecular weight excluding hydrogens is 372 g/mol. The first-order valence-corrected chi connectivity index (χ1v) is 8.35. The van der Waals surface area contributed by atoms with Crippen molar-refractivity contribution in [3.05, 3.63) is 53.0 Å². The number of carbonyl (C=O) groups is 2. The van der Waals surface area contributed by atoms with Crippen LogP contribution in [0.15, 0.2) is 53.0 Å². The maximum absolute atomic E-state index is 12.5. The highest BCUT2D eigenvalue weighted by atomic mass is 79.9. The minimum Gasteiger partial charge on any atom is -0.497 e. The minimum atomic E-state index is -0.979. The van der Waals surface area contributed by atoms with E-state index in [1.165, 1.54) is 0 Å². The number of rotatable bonds is 5.